The Morgan fingerprint density at radius 3 is 3.00 bits per heavy atom. The van der Waals surface area contributed by atoms with Crippen LogP contribution in [-0.2, 0) is 13.1 Å². The number of imidazole rings is 1. The lowest BCUT2D eigenvalue weighted by Gasteiger charge is -2.11. The van der Waals surface area contributed by atoms with Crippen LogP contribution in [0.4, 0.5) is 4.39 Å². The van der Waals surface area contributed by atoms with Gasteiger partial charge in [0, 0.05) is 18.0 Å². The molecule has 0 radical (unpaired) electrons. The summed E-state index contributed by atoms with van der Waals surface area (Å²) >= 11 is 0. The van der Waals surface area contributed by atoms with Crippen LogP contribution in [0.15, 0.2) is 30.6 Å². The van der Waals surface area contributed by atoms with Crippen molar-refractivity contribution < 1.29 is 9.13 Å². The van der Waals surface area contributed by atoms with Gasteiger partial charge in [-0.1, -0.05) is 19.1 Å². The van der Waals surface area contributed by atoms with Gasteiger partial charge in [0.05, 0.1) is 20.2 Å². The number of benzene rings is 1. The van der Waals surface area contributed by atoms with Crippen molar-refractivity contribution >= 4 is 0 Å². The highest BCUT2D eigenvalue weighted by Gasteiger charge is 2.10. The molecule has 0 unspecified atom stereocenters. The van der Waals surface area contributed by atoms with Gasteiger partial charge in [0.25, 0.3) is 0 Å². The second-order valence-electron chi connectivity index (χ2n) is 4.58. The highest BCUT2D eigenvalue weighted by atomic mass is 19.1. The lowest BCUT2D eigenvalue weighted by molar-refractivity contribution is 0.383. The molecule has 5 heteroatoms. The van der Waals surface area contributed by atoms with Crippen molar-refractivity contribution in [1.82, 2.24) is 14.9 Å². The summed E-state index contributed by atoms with van der Waals surface area (Å²) < 4.78 is 21.1. The molecule has 0 spiro atoms. The molecule has 0 amide bonds. The van der Waals surface area contributed by atoms with E-state index in [0.29, 0.717) is 18.7 Å². The van der Waals surface area contributed by atoms with Gasteiger partial charge >= 0.3 is 0 Å². The maximum atomic E-state index is 14.1. The lowest BCUT2D eigenvalue weighted by atomic mass is 10.2. The normalized spacial score (nSPS) is 10.8. The number of ether oxygens (including phenoxy) is 1. The zero-order valence-corrected chi connectivity index (χ0v) is 11.9. The molecule has 108 valence electrons. The number of methoxy groups -OCH3 is 1. The van der Waals surface area contributed by atoms with Gasteiger partial charge in [0.15, 0.2) is 11.6 Å². The maximum absolute atomic E-state index is 14.1. The first-order valence-electron chi connectivity index (χ1n) is 6.78. The second kappa shape index (κ2) is 7.05. The summed E-state index contributed by atoms with van der Waals surface area (Å²) in [7, 11) is 1.47. The molecule has 1 aromatic carbocycles. The van der Waals surface area contributed by atoms with Crippen molar-refractivity contribution in [2.75, 3.05) is 13.7 Å². The Hall–Kier alpha value is -1.88. The third-order valence-electron chi connectivity index (χ3n) is 3.12. The molecule has 1 N–H and O–H groups in total. The first kappa shape index (κ1) is 14.5. The van der Waals surface area contributed by atoms with Gasteiger partial charge in [-0.3, -0.25) is 0 Å². The highest BCUT2D eigenvalue weighted by molar-refractivity contribution is 5.31. The number of nitrogens with zero attached hydrogens (tertiary/aromatic N) is 2. The second-order valence-corrected chi connectivity index (χ2v) is 4.58. The Morgan fingerprint density at radius 1 is 1.40 bits per heavy atom. The van der Waals surface area contributed by atoms with E-state index >= 15 is 0 Å². The Balaban J connectivity index is 2.12. The summed E-state index contributed by atoms with van der Waals surface area (Å²) in [5, 5.41) is 3.30. The first-order valence-corrected chi connectivity index (χ1v) is 6.78. The zero-order valence-electron chi connectivity index (χ0n) is 11.9. The molecule has 0 atom stereocenters. The van der Waals surface area contributed by atoms with Crippen molar-refractivity contribution in [2.45, 2.75) is 26.4 Å². The SMILES string of the molecule is CCCNCc1nccn1Cc1cccc(OC)c1F. The van der Waals surface area contributed by atoms with E-state index < -0.39 is 0 Å². The van der Waals surface area contributed by atoms with Crippen molar-refractivity contribution in [3.8, 4) is 5.75 Å². The summed E-state index contributed by atoms with van der Waals surface area (Å²) in [4.78, 5) is 4.30. The van der Waals surface area contributed by atoms with E-state index in [9.17, 15) is 4.39 Å². The predicted molar refractivity (Wildman–Crippen MR) is 76.3 cm³/mol. The molecular formula is C15H20FN3O. The molecular weight excluding hydrogens is 257 g/mol. The molecule has 0 aliphatic rings. The van der Waals surface area contributed by atoms with Crippen molar-refractivity contribution in [3.05, 3.63) is 47.8 Å². The lowest BCUT2D eigenvalue weighted by Crippen LogP contribution is -2.18. The van der Waals surface area contributed by atoms with Crippen LogP contribution in [-0.4, -0.2) is 23.2 Å². The fraction of sp³-hybridized carbons (Fsp3) is 0.400. The third-order valence-corrected chi connectivity index (χ3v) is 3.12. The minimum absolute atomic E-state index is 0.272. The molecule has 1 heterocycles. The van der Waals surface area contributed by atoms with Gasteiger partial charge in [-0.15, -0.1) is 0 Å². The van der Waals surface area contributed by atoms with Crippen LogP contribution in [0.5, 0.6) is 5.75 Å². The standard InChI is InChI=1S/C15H20FN3O/c1-3-7-17-10-14-18-8-9-19(14)11-12-5-4-6-13(20-2)15(12)16/h4-6,8-9,17H,3,7,10-11H2,1-2H3. The summed E-state index contributed by atoms with van der Waals surface area (Å²) in [6.07, 6.45) is 4.67. The molecule has 0 aliphatic heterocycles. The van der Waals surface area contributed by atoms with Gasteiger partial charge in [-0.05, 0) is 19.0 Å². The van der Waals surface area contributed by atoms with E-state index in [1.807, 2.05) is 10.8 Å². The highest BCUT2D eigenvalue weighted by Crippen LogP contribution is 2.21. The van der Waals surface area contributed by atoms with E-state index in [2.05, 4.69) is 17.2 Å². The van der Waals surface area contributed by atoms with Gasteiger partial charge in [0.1, 0.15) is 5.82 Å². The predicted octanol–water partition coefficient (Wildman–Crippen LogP) is 2.58. The summed E-state index contributed by atoms with van der Waals surface area (Å²) in [6, 6.07) is 5.18. The average molecular weight is 277 g/mol. The number of nitrogens with one attached hydrogen (secondary N) is 1. The van der Waals surface area contributed by atoms with Crippen LogP contribution in [0.1, 0.15) is 24.7 Å². The zero-order chi connectivity index (χ0) is 14.4. The average Bonchev–Trinajstić information content (AvgIpc) is 2.89. The molecule has 0 fully saturated rings. The van der Waals surface area contributed by atoms with Crippen molar-refractivity contribution in [3.63, 3.8) is 0 Å². The van der Waals surface area contributed by atoms with E-state index in [0.717, 1.165) is 18.8 Å². The Morgan fingerprint density at radius 2 is 2.25 bits per heavy atom. The van der Waals surface area contributed by atoms with Gasteiger partial charge < -0.3 is 14.6 Å². The largest absolute Gasteiger partial charge is 0.494 e. The quantitative estimate of drug-likeness (QED) is 0.791. The molecule has 2 rings (SSSR count). The maximum Gasteiger partial charge on any atom is 0.170 e. The molecule has 0 saturated heterocycles. The molecule has 0 aliphatic carbocycles. The van der Waals surface area contributed by atoms with E-state index in [-0.39, 0.29) is 11.6 Å². The van der Waals surface area contributed by atoms with E-state index in [4.69, 9.17) is 4.74 Å². The van der Waals surface area contributed by atoms with Crippen molar-refractivity contribution in [1.29, 1.82) is 0 Å². The molecule has 1 aromatic heterocycles. The molecule has 2 aromatic rings. The minimum Gasteiger partial charge on any atom is -0.494 e. The molecule has 20 heavy (non-hydrogen) atoms. The van der Waals surface area contributed by atoms with Crippen LogP contribution >= 0.6 is 0 Å². The molecule has 0 bridgehead atoms. The monoisotopic (exact) mass is 277 g/mol. The topological polar surface area (TPSA) is 39.1 Å². The van der Waals surface area contributed by atoms with Gasteiger partial charge in [-0.25, -0.2) is 9.37 Å². The number of rotatable bonds is 7. The first-order chi connectivity index (χ1) is 9.76. The number of hydrogen-bond donors (Lipinski definition) is 1. The summed E-state index contributed by atoms with van der Waals surface area (Å²) in [5.41, 5.74) is 0.596. The van der Waals surface area contributed by atoms with E-state index in [1.54, 1.807) is 24.4 Å². The minimum atomic E-state index is -0.309. The Bertz CT molecular complexity index is 554. The fourth-order valence-corrected chi connectivity index (χ4v) is 2.05. The van der Waals surface area contributed by atoms with Crippen LogP contribution < -0.4 is 10.1 Å². The van der Waals surface area contributed by atoms with Crippen LogP contribution in [0, 0.1) is 5.82 Å². The summed E-state index contributed by atoms with van der Waals surface area (Å²) in [6.45, 7) is 4.20. The fourth-order valence-electron chi connectivity index (χ4n) is 2.05. The molecule has 4 nitrogen and oxygen atoms in total. The van der Waals surface area contributed by atoms with Crippen molar-refractivity contribution in [2.24, 2.45) is 0 Å². The third kappa shape index (κ3) is 3.36. The van der Waals surface area contributed by atoms with Gasteiger partial charge in [0.2, 0.25) is 0 Å². The number of hydrogen-bond acceptors (Lipinski definition) is 3. The smallest absolute Gasteiger partial charge is 0.170 e. The van der Waals surface area contributed by atoms with Crippen LogP contribution in [0.2, 0.25) is 0 Å². The Kier molecular flexibility index (Phi) is 5.12. The molecule has 0 saturated carbocycles. The Labute approximate surface area is 118 Å². The van der Waals surface area contributed by atoms with Gasteiger partial charge in [-0.2, -0.15) is 0 Å². The number of aromatic nitrogens is 2. The van der Waals surface area contributed by atoms with Crippen LogP contribution in [0.3, 0.4) is 0 Å². The van der Waals surface area contributed by atoms with E-state index in [1.165, 1.54) is 7.11 Å². The number of halogens is 1. The summed E-state index contributed by atoms with van der Waals surface area (Å²) in [5.74, 6) is 0.866. The van der Waals surface area contributed by atoms with Crippen LogP contribution in [0.25, 0.3) is 0 Å².